The molecule has 0 bridgehead atoms. The fourth-order valence-electron chi connectivity index (χ4n) is 2.46. The molecule has 0 saturated heterocycles. The molecule has 0 aliphatic rings. The molecule has 0 rings (SSSR count). The second-order valence-corrected chi connectivity index (χ2v) is 7.53. The molecular weight excluding hydrogens is 381 g/mol. The average Bonchev–Trinajstić information content (AvgIpc) is 2.60. The average molecular weight is 413 g/mol. The number of hydrogen-bond acceptors (Lipinski definition) is 3. The SMILES string of the molecule is CC[N+](CC)(CC)CC.O=S(=O)([O-])CC(F)C(F)C(F)C(F)CCCF. The smallest absolute Gasteiger partial charge is 0.166 e. The molecule has 0 aromatic carbocycles. The van der Waals surface area contributed by atoms with Gasteiger partial charge in [-0.15, -0.1) is 0 Å². The van der Waals surface area contributed by atoms with Gasteiger partial charge in [-0.3, -0.25) is 4.39 Å². The highest BCUT2D eigenvalue weighted by Gasteiger charge is 2.36. The number of alkyl halides is 5. The maximum Gasteiger partial charge on any atom is 0.166 e. The summed E-state index contributed by atoms with van der Waals surface area (Å²) in [4.78, 5) is 0. The maximum absolute atomic E-state index is 12.9. The molecule has 4 unspecified atom stereocenters. The van der Waals surface area contributed by atoms with E-state index in [1.54, 1.807) is 0 Å². The Morgan fingerprint density at radius 3 is 1.50 bits per heavy atom. The third-order valence-corrected chi connectivity index (χ3v) is 5.38. The van der Waals surface area contributed by atoms with Crippen molar-refractivity contribution in [2.24, 2.45) is 0 Å². The Balaban J connectivity index is 0. The maximum atomic E-state index is 12.9. The van der Waals surface area contributed by atoms with Gasteiger partial charge < -0.3 is 9.04 Å². The molecule has 0 spiro atoms. The molecule has 0 aromatic heterocycles. The van der Waals surface area contributed by atoms with E-state index in [1.165, 1.54) is 30.7 Å². The Morgan fingerprint density at radius 1 is 0.846 bits per heavy atom. The summed E-state index contributed by atoms with van der Waals surface area (Å²) in [5, 5.41) is 0. The highest BCUT2D eigenvalue weighted by Crippen LogP contribution is 2.21. The topological polar surface area (TPSA) is 57.2 Å². The van der Waals surface area contributed by atoms with Crippen molar-refractivity contribution in [2.45, 2.75) is 65.2 Å². The highest BCUT2D eigenvalue weighted by atomic mass is 32.2. The van der Waals surface area contributed by atoms with E-state index in [4.69, 9.17) is 0 Å². The van der Waals surface area contributed by atoms with Gasteiger partial charge in [0.1, 0.15) is 12.3 Å². The zero-order chi connectivity index (χ0) is 21.0. The lowest BCUT2D eigenvalue weighted by Gasteiger charge is -2.34. The Morgan fingerprint density at radius 2 is 1.23 bits per heavy atom. The van der Waals surface area contributed by atoms with Crippen LogP contribution in [0.1, 0.15) is 40.5 Å². The van der Waals surface area contributed by atoms with E-state index in [0.717, 1.165) is 0 Å². The summed E-state index contributed by atoms with van der Waals surface area (Å²) in [6.45, 7) is 13.3. The minimum Gasteiger partial charge on any atom is -0.748 e. The van der Waals surface area contributed by atoms with Crippen molar-refractivity contribution in [3.05, 3.63) is 0 Å². The van der Waals surface area contributed by atoms with Crippen molar-refractivity contribution >= 4 is 10.1 Å². The van der Waals surface area contributed by atoms with E-state index in [-0.39, 0.29) is 6.42 Å². The van der Waals surface area contributed by atoms with Crippen LogP contribution < -0.4 is 0 Å². The van der Waals surface area contributed by atoms with Crippen molar-refractivity contribution in [1.82, 2.24) is 0 Å². The van der Waals surface area contributed by atoms with Crippen molar-refractivity contribution in [2.75, 3.05) is 38.6 Å². The molecule has 0 fully saturated rings. The fraction of sp³-hybridized carbons (Fsp3) is 1.00. The van der Waals surface area contributed by atoms with E-state index < -0.39 is 53.7 Å². The second kappa shape index (κ2) is 13.7. The summed E-state index contributed by atoms with van der Waals surface area (Å²) >= 11 is 0. The summed E-state index contributed by atoms with van der Waals surface area (Å²) in [5.41, 5.74) is 0. The van der Waals surface area contributed by atoms with Crippen LogP contribution in [0.15, 0.2) is 0 Å². The Labute approximate surface area is 154 Å². The molecule has 160 valence electrons. The lowest BCUT2D eigenvalue weighted by Crippen LogP contribution is -2.47. The number of quaternary nitrogens is 1. The van der Waals surface area contributed by atoms with Crippen LogP contribution in [0.5, 0.6) is 0 Å². The third kappa shape index (κ3) is 11.3. The molecule has 10 heteroatoms. The molecule has 0 N–H and O–H groups in total. The summed E-state index contributed by atoms with van der Waals surface area (Å²) in [5.74, 6) is -1.76. The zero-order valence-corrected chi connectivity index (χ0v) is 16.8. The van der Waals surface area contributed by atoms with Crippen molar-refractivity contribution in [3.8, 4) is 0 Å². The lowest BCUT2D eigenvalue weighted by atomic mass is 10.0. The van der Waals surface area contributed by atoms with Crippen LogP contribution in [0.25, 0.3) is 0 Å². The largest absolute Gasteiger partial charge is 0.748 e. The molecule has 0 saturated carbocycles. The number of rotatable bonds is 12. The third-order valence-electron chi connectivity index (χ3n) is 4.66. The molecule has 0 aliphatic heterocycles. The van der Waals surface area contributed by atoms with Gasteiger partial charge in [0.05, 0.1) is 48.7 Å². The standard InChI is InChI=1S/C8H13F5O3S.C8H20N/c9-3-1-2-5(10)7(12)8(13)6(11)4-17(14,15)16;1-5-9(6-2,7-3)8-4/h5-8H,1-4H2,(H,14,15,16);5-8H2,1-4H3/q;+1/p-1. The van der Waals surface area contributed by atoms with E-state index in [0.29, 0.717) is 0 Å². The molecule has 0 aliphatic carbocycles. The van der Waals surface area contributed by atoms with E-state index in [9.17, 15) is 34.9 Å². The Kier molecular flexibility index (Phi) is 14.6. The van der Waals surface area contributed by atoms with Gasteiger partial charge in [0.15, 0.2) is 12.3 Å². The first-order valence-corrected chi connectivity index (χ1v) is 10.4. The van der Waals surface area contributed by atoms with Gasteiger partial charge in [-0.25, -0.2) is 26.0 Å². The van der Waals surface area contributed by atoms with Crippen LogP contribution in [-0.4, -0.2) is 80.7 Å². The molecule has 26 heavy (non-hydrogen) atoms. The Bertz CT molecular complexity index is 432. The van der Waals surface area contributed by atoms with Crippen molar-refractivity contribution in [3.63, 3.8) is 0 Å². The molecule has 0 radical (unpaired) electrons. The second-order valence-electron chi connectivity index (χ2n) is 6.08. The fourth-order valence-corrected chi connectivity index (χ4v) is 3.03. The first-order valence-electron chi connectivity index (χ1n) is 8.84. The predicted molar refractivity (Wildman–Crippen MR) is 91.8 cm³/mol. The zero-order valence-electron chi connectivity index (χ0n) is 15.9. The number of hydrogen-bond donors (Lipinski definition) is 0. The molecule has 0 aromatic rings. The molecular formula is C16H32F5NO3S. The van der Waals surface area contributed by atoms with Gasteiger partial charge in [-0.2, -0.15) is 0 Å². The van der Waals surface area contributed by atoms with E-state index >= 15 is 0 Å². The summed E-state index contributed by atoms with van der Waals surface area (Å²) in [6, 6.07) is 0. The molecule has 0 amide bonds. The van der Waals surface area contributed by atoms with Gasteiger partial charge >= 0.3 is 0 Å². The van der Waals surface area contributed by atoms with Gasteiger partial charge in [0.25, 0.3) is 0 Å². The van der Waals surface area contributed by atoms with Crippen LogP contribution in [0.3, 0.4) is 0 Å². The Hall–Kier alpha value is -0.480. The minimum atomic E-state index is -5.06. The van der Waals surface area contributed by atoms with Gasteiger partial charge in [0, 0.05) is 0 Å². The minimum absolute atomic E-state index is 0.356. The van der Waals surface area contributed by atoms with Crippen LogP contribution in [0, 0.1) is 0 Å². The van der Waals surface area contributed by atoms with Crippen molar-refractivity contribution in [1.29, 1.82) is 0 Å². The summed E-state index contributed by atoms with van der Waals surface area (Å²) in [6.07, 6.45) is -12.4. The van der Waals surface area contributed by atoms with Crippen molar-refractivity contribution < 1.29 is 39.4 Å². The number of nitrogens with zero attached hydrogens (tertiary/aromatic N) is 1. The van der Waals surface area contributed by atoms with Gasteiger partial charge in [-0.05, 0) is 40.5 Å². The molecule has 4 atom stereocenters. The van der Waals surface area contributed by atoms with Crippen LogP contribution >= 0.6 is 0 Å². The number of halogens is 5. The predicted octanol–water partition coefficient (Wildman–Crippen LogP) is 3.52. The summed E-state index contributed by atoms with van der Waals surface area (Å²) < 4.78 is 94.6. The van der Waals surface area contributed by atoms with E-state index in [1.807, 2.05) is 0 Å². The monoisotopic (exact) mass is 413 g/mol. The highest BCUT2D eigenvalue weighted by molar-refractivity contribution is 7.85. The quantitative estimate of drug-likeness (QED) is 0.279. The van der Waals surface area contributed by atoms with Gasteiger partial charge in [0.2, 0.25) is 0 Å². The normalized spacial score (nSPS) is 17.0. The van der Waals surface area contributed by atoms with Crippen LogP contribution in [-0.2, 0) is 10.1 Å². The van der Waals surface area contributed by atoms with E-state index in [2.05, 4.69) is 27.7 Å². The summed E-state index contributed by atoms with van der Waals surface area (Å²) in [7, 11) is -5.06. The molecule has 0 heterocycles. The lowest BCUT2D eigenvalue weighted by molar-refractivity contribution is -0.921. The molecule has 4 nitrogen and oxygen atoms in total. The first-order chi connectivity index (χ1) is 11.9. The van der Waals surface area contributed by atoms with Crippen LogP contribution in [0.4, 0.5) is 22.0 Å². The van der Waals surface area contributed by atoms with Gasteiger partial charge in [-0.1, -0.05) is 0 Å². The first kappa shape index (κ1) is 27.7. The van der Waals surface area contributed by atoms with Crippen LogP contribution in [0.2, 0.25) is 0 Å².